The Balaban J connectivity index is 1.39. The molecular formula is C27H37N3O4. The van der Waals surface area contributed by atoms with Crippen LogP contribution in [0.2, 0.25) is 0 Å². The lowest BCUT2D eigenvalue weighted by Crippen LogP contribution is -2.43. The van der Waals surface area contributed by atoms with Crippen LogP contribution in [0.3, 0.4) is 0 Å². The number of nitrogens with one attached hydrogen (secondary N) is 2. The number of nitrogens with zero attached hydrogens (tertiary/aromatic N) is 1. The van der Waals surface area contributed by atoms with E-state index in [2.05, 4.69) is 24.5 Å². The van der Waals surface area contributed by atoms with E-state index in [0.717, 1.165) is 29.8 Å². The van der Waals surface area contributed by atoms with Crippen LogP contribution >= 0.6 is 0 Å². The monoisotopic (exact) mass is 467 g/mol. The molecule has 7 nitrogen and oxygen atoms in total. The predicted molar refractivity (Wildman–Crippen MR) is 134 cm³/mol. The Kier molecular flexibility index (Phi) is 10.1. The first-order valence-electron chi connectivity index (χ1n) is 12.2. The largest absolute Gasteiger partial charge is 0.490 e. The van der Waals surface area contributed by atoms with E-state index in [1.807, 2.05) is 54.6 Å². The molecule has 1 aliphatic rings. The van der Waals surface area contributed by atoms with E-state index in [0.29, 0.717) is 31.7 Å². The summed E-state index contributed by atoms with van der Waals surface area (Å²) < 4.78 is 11.2. The summed E-state index contributed by atoms with van der Waals surface area (Å²) in [5.41, 5.74) is 1.88. The molecule has 1 saturated carbocycles. The summed E-state index contributed by atoms with van der Waals surface area (Å²) in [5, 5.41) is 5.93. The number of carbonyl (C=O) groups is 2. The van der Waals surface area contributed by atoms with Crippen LogP contribution in [0, 0.1) is 5.92 Å². The summed E-state index contributed by atoms with van der Waals surface area (Å²) in [5.74, 6) is 1.09. The zero-order chi connectivity index (χ0) is 24.2. The first-order valence-corrected chi connectivity index (χ1v) is 12.2. The second-order valence-corrected chi connectivity index (χ2v) is 9.12. The molecule has 2 aromatic rings. The molecule has 2 aromatic carbocycles. The predicted octanol–water partition coefficient (Wildman–Crippen LogP) is 4.83. The van der Waals surface area contributed by atoms with Crippen LogP contribution in [0.1, 0.15) is 45.1 Å². The molecule has 184 valence electrons. The highest BCUT2D eigenvalue weighted by Crippen LogP contribution is 2.25. The molecule has 0 radical (unpaired) electrons. The van der Waals surface area contributed by atoms with Crippen LogP contribution < -0.4 is 15.4 Å². The maximum atomic E-state index is 12.7. The lowest BCUT2D eigenvalue weighted by Gasteiger charge is -2.25. The van der Waals surface area contributed by atoms with Crippen molar-refractivity contribution in [3.8, 4) is 5.75 Å². The van der Waals surface area contributed by atoms with E-state index in [4.69, 9.17) is 9.47 Å². The van der Waals surface area contributed by atoms with Crippen molar-refractivity contribution in [2.75, 3.05) is 31.5 Å². The Morgan fingerprint density at radius 3 is 2.41 bits per heavy atom. The highest BCUT2D eigenvalue weighted by molar-refractivity contribution is 5.82. The molecule has 0 aromatic heterocycles. The number of ether oxygens (including phenoxy) is 2. The van der Waals surface area contributed by atoms with Crippen molar-refractivity contribution in [3.63, 3.8) is 0 Å². The fourth-order valence-corrected chi connectivity index (χ4v) is 3.98. The molecule has 1 aliphatic carbocycles. The minimum Gasteiger partial charge on any atom is -0.490 e. The van der Waals surface area contributed by atoms with Gasteiger partial charge in [-0.25, -0.2) is 4.79 Å². The summed E-state index contributed by atoms with van der Waals surface area (Å²) >= 11 is 0. The van der Waals surface area contributed by atoms with Crippen molar-refractivity contribution in [3.05, 3.63) is 60.2 Å². The van der Waals surface area contributed by atoms with E-state index in [-0.39, 0.29) is 19.1 Å². The number of rotatable bonds is 12. The number of alkyl carbamates (subject to hydrolysis) is 1. The molecule has 0 unspecified atom stereocenters. The van der Waals surface area contributed by atoms with Gasteiger partial charge < -0.3 is 25.0 Å². The van der Waals surface area contributed by atoms with Gasteiger partial charge in [0.15, 0.2) is 0 Å². The number of carbonyl (C=O) groups excluding carboxylic acids is 2. The van der Waals surface area contributed by atoms with Gasteiger partial charge >= 0.3 is 6.09 Å². The Bertz CT molecular complexity index is 881. The maximum Gasteiger partial charge on any atom is 0.407 e. The van der Waals surface area contributed by atoms with E-state index in [1.165, 1.54) is 12.8 Å². The van der Waals surface area contributed by atoms with Crippen LogP contribution in [0.4, 0.5) is 10.5 Å². The number of hydrogen-bond acceptors (Lipinski definition) is 5. The van der Waals surface area contributed by atoms with Gasteiger partial charge in [-0.1, -0.05) is 44.2 Å². The van der Waals surface area contributed by atoms with Crippen LogP contribution in [0.5, 0.6) is 5.75 Å². The van der Waals surface area contributed by atoms with Gasteiger partial charge in [0, 0.05) is 25.3 Å². The average Bonchev–Trinajstić information content (AvgIpc) is 3.35. The van der Waals surface area contributed by atoms with Gasteiger partial charge in [-0.2, -0.15) is 0 Å². The Hall–Kier alpha value is -3.22. The minimum atomic E-state index is -0.597. The van der Waals surface area contributed by atoms with Crippen molar-refractivity contribution in [1.82, 2.24) is 10.2 Å². The summed E-state index contributed by atoms with van der Waals surface area (Å²) in [4.78, 5) is 26.5. The first kappa shape index (κ1) is 25.4. The third-order valence-corrected chi connectivity index (χ3v) is 5.71. The van der Waals surface area contributed by atoms with E-state index >= 15 is 0 Å². The standard InChI is InChI=1S/C27H37N3O4/c1-21(2)19-30(26(31)18-29-27(32)33-20-22-8-4-3-5-9-22)17-16-28-23-12-14-25(15-13-23)34-24-10-6-7-11-24/h3-5,8-9,12-15,21,24,28H,6-7,10-11,16-20H2,1-2H3,(H,29,32). The van der Waals surface area contributed by atoms with Crippen LogP contribution in [-0.4, -0.2) is 49.2 Å². The first-order chi connectivity index (χ1) is 16.5. The van der Waals surface area contributed by atoms with Crippen molar-refractivity contribution in [2.24, 2.45) is 5.92 Å². The Labute approximate surface area is 202 Å². The van der Waals surface area contributed by atoms with Gasteiger partial charge in [0.25, 0.3) is 0 Å². The second-order valence-electron chi connectivity index (χ2n) is 9.12. The number of hydrogen-bond donors (Lipinski definition) is 2. The molecule has 1 fully saturated rings. The molecular weight excluding hydrogens is 430 g/mol. The summed E-state index contributed by atoms with van der Waals surface area (Å²) in [6.45, 7) is 5.99. The second kappa shape index (κ2) is 13.5. The number of benzene rings is 2. The molecule has 3 rings (SSSR count). The van der Waals surface area contributed by atoms with E-state index < -0.39 is 6.09 Å². The van der Waals surface area contributed by atoms with Gasteiger partial charge in [0.1, 0.15) is 18.9 Å². The van der Waals surface area contributed by atoms with Crippen LogP contribution in [0.15, 0.2) is 54.6 Å². The Morgan fingerprint density at radius 2 is 1.74 bits per heavy atom. The molecule has 0 bridgehead atoms. The molecule has 0 heterocycles. The zero-order valence-corrected chi connectivity index (χ0v) is 20.3. The molecule has 0 aliphatic heterocycles. The number of anilines is 1. The minimum absolute atomic E-state index is 0.0897. The molecule has 0 saturated heterocycles. The quantitative estimate of drug-likeness (QED) is 0.467. The van der Waals surface area contributed by atoms with E-state index in [9.17, 15) is 9.59 Å². The smallest absolute Gasteiger partial charge is 0.407 e. The average molecular weight is 468 g/mol. The van der Waals surface area contributed by atoms with Crippen molar-refractivity contribution >= 4 is 17.7 Å². The fraction of sp³-hybridized carbons (Fsp3) is 0.481. The van der Waals surface area contributed by atoms with Gasteiger partial charge in [0.2, 0.25) is 5.91 Å². The molecule has 2 N–H and O–H groups in total. The topological polar surface area (TPSA) is 79.9 Å². The van der Waals surface area contributed by atoms with Gasteiger partial charge in [-0.3, -0.25) is 4.79 Å². The van der Waals surface area contributed by atoms with Gasteiger partial charge in [0.05, 0.1) is 6.10 Å². The molecule has 34 heavy (non-hydrogen) atoms. The van der Waals surface area contributed by atoms with E-state index in [1.54, 1.807) is 4.90 Å². The Morgan fingerprint density at radius 1 is 1.03 bits per heavy atom. The highest BCUT2D eigenvalue weighted by atomic mass is 16.5. The SMILES string of the molecule is CC(C)CN(CCNc1ccc(OC2CCCC2)cc1)C(=O)CNC(=O)OCc1ccccc1. The van der Waals surface area contributed by atoms with Crippen molar-refractivity contribution in [1.29, 1.82) is 0 Å². The number of amides is 2. The summed E-state index contributed by atoms with van der Waals surface area (Å²) in [7, 11) is 0. The molecule has 7 heteroatoms. The van der Waals surface area contributed by atoms with Crippen LogP contribution in [0.25, 0.3) is 0 Å². The molecule has 0 spiro atoms. The normalized spacial score (nSPS) is 13.5. The van der Waals surface area contributed by atoms with Crippen molar-refractivity contribution < 1.29 is 19.1 Å². The van der Waals surface area contributed by atoms with Gasteiger partial charge in [-0.15, -0.1) is 0 Å². The third-order valence-electron chi connectivity index (χ3n) is 5.71. The maximum absolute atomic E-state index is 12.7. The third kappa shape index (κ3) is 8.96. The highest BCUT2D eigenvalue weighted by Gasteiger charge is 2.17. The lowest BCUT2D eigenvalue weighted by molar-refractivity contribution is -0.130. The molecule has 2 amide bonds. The summed E-state index contributed by atoms with van der Waals surface area (Å²) in [6.07, 6.45) is 4.53. The lowest BCUT2D eigenvalue weighted by atomic mass is 10.2. The fourth-order valence-electron chi connectivity index (χ4n) is 3.98. The zero-order valence-electron chi connectivity index (χ0n) is 20.3. The van der Waals surface area contributed by atoms with Crippen molar-refractivity contribution in [2.45, 2.75) is 52.2 Å². The molecule has 0 atom stereocenters. The van der Waals surface area contributed by atoms with Crippen LogP contribution in [-0.2, 0) is 16.1 Å². The van der Waals surface area contributed by atoms with Gasteiger partial charge in [-0.05, 0) is 61.4 Å². The summed E-state index contributed by atoms with van der Waals surface area (Å²) in [6, 6.07) is 17.4.